The van der Waals surface area contributed by atoms with E-state index < -0.39 is 33.6 Å². The highest BCUT2D eigenvalue weighted by Gasteiger charge is 2.35. The molecule has 0 spiro atoms. The Hall–Kier alpha value is -4.32. The quantitative estimate of drug-likeness (QED) is 0.174. The number of primary amides is 1. The van der Waals surface area contributed by atoms with Gasteiger partial charge in [-0.2, -0.15) is 0 Å². The van der Waals surface area contributed by atoms with Crippen LogP contribution >= 0.6 is 23.2 Å². The van der Waals surface area contributed by atoms with Crippen molar-refractivity contribution in [3.8, 4) is 0 Å². The summed E-state index contributed by atoms with van der Waals surface area (Å²) in [6.07, 6.45) is 0. The Bertz CT molecular complexity index is 1800. The van der Waals surface area contributed by atoms with Crippen molar-refractivity contribution in [1.82, 2.24) is 9.29 Å². The van der Waals surface area contributed by atoms with E-state index in [1.165, 1.54) is 36.4 Å². The minimum Gasteiger partial charge on any atom is -0.461 e. The van der Waals surface area contributed by atoms with Crippen LogP contribution < -0.4 is 16.4 Å². The van der Waals surface area contributed by atoms with Crippen molar-refractivity contribution in [2.24, 2.45) is 5.73 Å². The molecule has 0 saturated heterocycles. The van der Waals surface area contributed by atoms with Crippen LogP contribution in [-0.4, -0.2) is 36.9 Å². The maximum absolute atomic E-state index is 13.9. The third-order valence-corrected chi connectivity index (χ3v) is 8.16. The number of esters is 1. The zero-order valence-corrected chi connectivity index (χ0v) is 23.9. The Kier molecular flexibility index (Phi) is 8.72. The molecule has 0 aliphatic carbocycles. The fourth-order valence-electron chi connectivity index (χ4n) is 4.20. The molecule has 0 radical (unpaired) electrons. The van der Waals surface area contributed by atoms with Crippen LogP contribution in [0.3, 0.4) is 0 Å². The summed E-state index contributed by atoms with van der Waals surface area (Å²) < 4.78 is 33.9. The van der Waals surface area contributed by atoms with Crippen LogP contribution in [0.15, 0.2) is 78.2 Å². The third kappa shape index (κ3) is 6.07. The van der Waals surface area contributed by atoms with E-state index in [4.69, 9.17) is 33.7 Å². The van der Waals surface area contributed by atoms with Gasteiger partial charge in [0.2, 0.25) is 0 Å². The molecule has 0 atom stereocenters. The molecule has 0 saturated carbocycles. The minimum absolute atomic E-state index is 0.0106. The van der Waals surface area contributed by atoms with E-state index in [1.54, 1.807) is 37.3 Å². The monoisotopic (exact) mass is 614 g/mol. The number of aromatic nitrogens is 1. The van der Waals surface area contributed by atoms with Crippen LogP contribution in [-0.2, 0) is 26.1 Å². The van der Waals surface area contributed by atoms with Crippen LogP contribution in [0.25, 0.3) is 16.5 Å². The molecule has 4 rings (SSSR count). The van der Waals surface area contributed by atoms with Gasteiger partial charge in [0.15, 0.2) is 5.69 Å². The lowest BCUT2D eigenvalue weighted by molar-refractivity contribution is -0.111. The van der Waals surface area contributed by atoms with Gasteiger partial charge in [-0.3, -0.25) is 4.79 Å². The largest absolute Gasteiger partial charge is 0.461 e. The topological polar surface area (TPSA) is 150 Å². The van der Waals surface area contributed by atoms with Crippen molar-refractivity contribution in [3.05, 3.63) is 100 Å². The van der Waals surface area contributed by atoms with Crippen LogP contribution in [0.1, 0.15) is 28.5 Å². The Morgan fingerprint density at radius 3 is 2.39 bits per heavy atom. The molecule has 4 aromatic rings. The maximum atomic E-state index is 13.9. The van der Waals surface area contributed by atoms with Crippen LogP contribution in [0.2, 0.25) is 10.0 Å². The van der Waals surface area contributed by atoms with E-state index >= 15 is 0 Å². The number of ether oxygens (including phenoxy) is 1. The number of nitrogens with zero attached hydrogens (tertiary/aromatic N) is 1. The highest BCUT2D eigenvalue weighted by molar-refractivity contribution is 7.90. The molecule has 13 heteroatoms. The summed E-state index contributed by atoms with van der Waals surface area (Å²) in [5, 5.41) is 5.29. The fourth-order valence-corrected chi connectivity index (χ4v) is 6.30. The number of carbonyl (C=O) groups excluding carboxylic acids is 3. The maximum Gasteiger partial charge on any atom is 0.356 e. The number of nitrogens with one attached hydrogen (secondary N) is 2. The number of carbonyl (C=O) groups is 3. The van der Waals surface area contributed by atoms with Crippen molar-refractivity contribution < 1.29 is 27.5 Å². The number of nitrogens with two attached hydrogens (primary N) is 1. The average molecular weight is 615 g/mol. The molecule has 0 fully saturated rings. The van der Waals surface area contributed by atoms with Gasteiger partial charge in [-0.15, -0.1) is 0 Å². The molecule has 0 aliphatic rings. The Balaban J connectivity index is 1.91. The van der Waals surface area contributed by atoms with Gasteiger partial charge in [-0.1, -0.05) is 60.1 Å². The first-order valence-electron chi connectivity index (χ1n) is 12.1. The zero-order valence-electron chi connectivity index (χ0n) is 21.6. The van der Waals surface area contributed by atoms with E-state index in [2.05, 4.69) is 17.2 Å². The Morgan fingerprint density at radius 1 is 1.02 bits per heavy atom. The molecular weight excluding hydrogens is 591 g/mol. The van der Waals surface area contributed by atoms with Crippen molar-refractivity contribution in [2.75, 3.05) is 11.9 Å². The Labute approximate surface area is 245 Å². The smallest absolute Gasteiger partial charge is 0.356 e. The van der Waals surface area contributed by atoms with E-state index in [0.717, 1.165) is 3.97 Å². The number of urea groups is 1. The molecule has 4 N–H and O–H groups in total. The second-order valence-corrected chi connectivity index (χ2v) is 11.3. The van der Waals surface area contributed by atoms with Crippen LogP contribution in [0, 0.1) is 0 Å². The van der Waals surface area contributed by atoms with Crippen LogP contribution in [0.4, 0.5) is 10.5 Å². The zero-order chi connectivity index (χ0) is 29.9. The summed E-state index contributed by atoms with van der Waals surface area (Å²) >= 11 is 12.8. The summed E-state index contributed by atoms with van der Waals surface area (Å²) in [5.41, 5.74) is 5.21. The lowest BCUT2D eigenvalue weighted by atomic mass is 10.0. The summed E-state index contributed by atoms with van der Waals surface area (Å²) in [4.78, 5) is 37.8. The minimum atomic E-state index is -4.43. The predicted molar refractivity (Wildman–Crippen MR) is 157 cm³/mol. The standard InChI is InChI=1S/C28H24Cl2N4O6S/c1-3-40-27(36)25-23(16(2)26(35)33-19-9-7-8-17(12-19)15-32-28(31)37)24-21(30)13-18(29)14-22(24)34(25)41(38,39)20-10-5-4-6-11-20/h4-14H,2-3,15H2,1H3,(H,33,35)(H3,31,32,37). The molecule has 0 unspecified atom stereocenters. The normalized spacial score (nSPS) is 11.2. The second-order valence-electron chi connectivity index (χ2n) is 8.66. The van der Waals surface area contributed by atoms with Crippen LogP contribution in [0.5, 0.6) is 0 Å². The lowest BCUT2D eigenvalue weighted by Crippen LogP contribution is -2.28. The molecule has 0 aliphatic heterocycles. The molecule has 3 amide bonds. The number of hydrogen-bond donors (Lipinski definition) is 3. The van der Waals surface area contributed by atoms with Gasteiger partial charge >= 0.3 is 12.0 Å². The number of benzene rings is 3. The van der Waals surface area contributed by atoms with Gasteiger partial charge in [0.1, 0.15) is 0 Å². The van der Waals surface area contributed by atoms with Crippen molar-refractivity contribution in [1.29, 1.82) is 0 Å². The molecule has 212 valence electrons. The summed E-state index contributed by atoms with van der Waals surface area (Å²) in [6, 6.07) is 16.0. The fraction of sp³-hybridized carbons (Fsp3) is 0.107. The molecule has 41 heavy (non-hydrogen) atoms. The molecule has 3 aromatic carbocycles. The SMILES string of the molecule is C=C(C(=O)Nc1cccc(CNC(N)=O)c1)c1c(C(=O)OCC)n(S(=O)(=O)c2ccccc2)c2cc(Cl)cc(Cl)c12. The Morgan fingerprint density at radius 2 is 1.73 bits per heavy atom. The number of hydrogen-bond acceptors (Lipinski definition) is 6. The van der Waals surface area contributed by atoms with E-state index in [9.17, 15) is 22.8 Å². The molecular formula is C28H24Cl2N4O6S. The van der Waals surface area contributed by atoms with Gasteiger partial charge in [0, 0.05) is 33.8 Å². The van der Waals surface area contributed by atoms with E-state index in [1.807, 2.05) is 0 Å². The van der Waals surface area contributed by atoms with Gasteiger partial charge in [0.25, 0.3) is 15.9 Å². The first-order valence-corrected chi connectivity index (χ1v) is 14.3. The van der Waals surface area contributed by atoms with E-state index in [-0.39, 0.29) is 50.1 Å². The number of fused-ring (bicyclic) bond motifs is 1. The first-order chi connectivity index (χ1) is 19.4. The van der Waals surface area contributed by atoms with Gasteiger partial charge in [-0.25, -0.2) is 22.0 Å². The molecule has 1 aromatic heterocycles. The number of anilines is 1. The third-order valence-electron chi connectivity index (χ3n) is 5.92. The van der Waals surface area contributed by atoms with Crippen molar-refractivity contribution >= 4 is 73.3 Å². The van der Waals surface area contributed by atoms with Gasteiger partial charge in [-0.05, 0) is 48.9 Å². The van der Waals surface area contributed by atoms with Gasteiger partial charge < -0.3 is 21.1 Å². The number of rotatable bonds is 9. The predicted octanol–water partition coefficient (Wildman–Crippen LogP) is 5.18. The van der Waals surface area contributed by atoms with Crippen molar-refractivity contribution in [3.63, 3.8) is 0 Å². The number of amides is 3. The lowest BCUT2D eigenvalue weighted by Gasteiger charge is -2.13. The second kappa shape index (κ2) is 12.0. The highest BCUT2D eigenvalue weighted by atomic mass is 35.5. The average Bonchev–Trinajstić information content (AvgIpc) is 3.28. The van der Waals surface area contributed by atoms with Gasteiger partial charge in [0.05, 0.1) is 22.0 Å². The number of halogens is 2. The first kappa shape index (κ1) is 29.7. The molecule has 0 bridgehead atoms. The summed E-state index contributed by atoms with van der Waals surface area (Å²) in [7, 11) is -4.43. The van der Waals surface area contributed by atoms with E-state index in [0.29, 0.717) is 11.3 Å². The summed E-state index contributed by atoms with van der Waals surface area (Å²) in [5.74, 6) is -1.77. The highest BCUT2D eigenvalue weighted by Crippen LogP contribution is 2.40. The van der Waals surface area contributed by atoms with Crippen molar-refractivity contribution in [2.45, 2.75) is 18.4 Å². The molecule has 1 heterocycles. The summed E-state index contributed by atoms with van der Waals surface area (Å²) in [6.45, 7) is 5.49. The molecule has 10 nitrogen and oxygen atoms in total.